The van der Waals surface area contributed by atoms with E-state index in [0.717, 1.165) is 28.9 Å². The Labute approximate surface area is 109 Å². The number of nitrogens with one attached hydrogen (secondary N) is 1. The van der Waals surface area contributed by atoms with E-state index in [0.29, 0.717) is 19.6 Å². The molecule has 1 amide bonds. The summed E-state index contributed by atoms with van der Waals surface area (Å²) < 4.78 is 5.20. The van der Waals surface area contributed by atoms with Crippen LogP contribution in [0.3, 0.4) is 0 Å². The Morgan fingerprint density at radius 1 is 1.33 bits per heavy atom. The van der Waals surface area contributed by atoms with Gasteiger partial charge in [-0.25, -0.2) is 0 Å². The van der Waals surface area contributed by atoms with Crippen molar-refractivity contribution in [1.29, 1.82) is 0 Å². The van der Waals surface area contributed by atoms with Crippen molar-refractivity contribution in [2.24, 2.45) is 0 Å². The molecule has 18 heavy (non-hydrogen) atoms. The van der Waals surface area contributed by atoms with Gasteiger partial charge in [0.05, 0.1) is 0 Å². The highest BCUT2D eigenvalue weighted by molar-refractivity contribution is 5.92. The Bertz CT molecular complexity index is 393. The van der Waals surface area contributed by atoms with E-state index in [9.17, 15) is 4.79 Å². The van der Waals surface area contributed by atoms with Crippen LogP contribution >= 0.6 is 0 Å². The van der Waals surface area contributed by atoms with Gasteiger partial charge in [-0.2, -0.15) is 0 Å². The van der Waals surface area contributed by atoms with Crippen molar-refractivity contribution in [2.45, 2.75) is 33.6 Å². The number of carbonyl (C=O) groups is 1. The van der Waals surface area contributed by atoms with Crippen LogP contribution in [-0.2, 0) is 9.53 Å². The summed E-state index contributed by atoms with van der Waals surface area (Å²) >= 11 is 0. The van der Waals surface area contributed by atoms with Crippen LogP contribution in [0.2, 0.25) is 0 Å². The lowest BCUT2D eigenvalue weighted by molar-refractivity contribution is -0.116. The number of hydrogen-bond donors (Lipinski definition) is 2. The molecule has 0 atom stereocenters. The molecule has 3 N–H and O–H groups in total. The predicted octanol–water partition coefficient (Wildman–Crippen LogP) is 2.64. The second-order valence-corrected chi connectivity index (χ2v) is 4.38. The number of rotatable bonds is 6. The van der Waals surface area contributed by atoms with E-state index < -0.39 is 0 Å². The molecule has 0 spiro atoms. The van der Waals surface area contributed by atoms with Gasteiger partial charge in [0.1, 0.15) is 0 Å². The van der Waals surface area contributed by atoms with E-state index in [1.807, 2.05) is 32.9 Å². The van der Waals surface area contributed by atoms with Gasteiger partial charge in [-0.05, 0) is 50.5 Å². The van der Waals surface area contributed by atoms with E-state index in [1.165, 1.54) is 0 Å². The Kier molecular flexibility index (Phi) is 5.65. The first-order valence-electron chi connectivity index (χ1n) is 6.29. The SMILES string of the molecule is CCOCCCC(=O)Nc1c(C)cc(N)cc1C. The molecule has 4 nitrogen and oxygen atoms in total. The summed E-state index contributed by atoms with van der Waals surface area (Å²) in [6.45, 7) is 7.15. The van der Waals surface area contributed by atoms with Crippen molar-refractivity contribution in [1.82, 2.24) is 0 Å². The van der Waals surface area contributed by atoms with E-state index in [4.69, 9.17) is 10.5 Å². The fourth-order valence-corrected chi connectivity index (χ4v) is 1.88. The zero-order valence-electron chi connectivity index (χ0n) is 11.4. The van der Waals surface area contributed by atoms with Crippen molar-refractivity contribution in [3.63, 3.8) is 0 Å². The summed E-state index contributed by atoms with van der Waals surface area (Å²) in [4.78, 5) is 11.8. The lowest BCUT2D eigenvalue weighted by Gasteiger charge is -2.12. The molecule has 4 heteroatoms. The van der Waals surface area contributed by atoms with Crippen LogP contribution in [0.4, 0.5) is 11.4 Å². The van der Waals surface area contributed by atoms with Crippen LogP contribution in [0, 0.1) is 13.8 Å². The molecule has 1 rings (SSSR count). The standard InChI is InChI=1S/C14H22N2O2/c1-4-18-7-5-6-13(17)16-14-10(2)8-12(15)9-11(14)3/h8-9H,4-7,15H2,1-3H3,(H,16,17). The lowest BCUT2D eigenvalue weighted by Crippen LogP contribution is -2.14. The number of ether oxygens (including phenoxy) is 1. The van der Waals surface area contributed by atoms with Crippen LogP contribution in [0.5, 0.6) is 0 Å². The molecule has 0 unspecified atom stereocenters. The lowest BCUT2D eigenvalue weighted by atomic mass is 10.1. The van der Waals surface area contributed by atoms with Crippen LogP contribution in [0.1, 0.15) is 30.9 Å². The normalized spacial score (nSPS) is 10.4. The average molecular weight is 250 g/mol. The Balaban J connectivity index is 2.54. The van der Waals surface area contributed by atoms with Gasteiger partial charge in [0.15, 0.2) is 0 Å². The third-order valence-electron chi connectivity index (χ3n) is 2.72. The second-order valence-electron chi connectivity index (χ2n) is 4.38. The van der Waals surface area contributed by atoms with Crippen molar-refractivity contribution >= 4 is 17.3 Å². The first-order chi connectivity index (χ1) is 8.54. The highest BCUT2D eigenvalue weighted by Crippen LogP contribution is 2.23. The van der Waals surface area contributed by atoms with Gasteiger partial charge in [0.25, 0.3) is 0 Å². The van der Waals surface area contributed by atoms with Crippen molar-refractivity contribution in [3.8, 4) is 0 Å². The summed E-state index contributed by atoms with van der Waals surface area (Å²) in [5.74, 6) is 0.0191. The van der Waals surface area contributed by atoms with Gasteiger partial charge in [0, 0.05) is 31.0 Å². The summed E-state index contributed by atoms with van der Waals surface area (Å²) in [5.41, 5.74) is 9.31. The Morgan fingerprint density at radius 3 is 2.50 bits per heavy atom. The third kappa shape index (κ3) is 4.37. The van der Waals surface area contributed by atoms with Crippen LogP contribution in [0.25, 0.3) is 0 Å². The predicted molar refractivity (Wildman–Crippen MR) is 74.7 cm³/mol. The molecule has 0 saturated heterocycles. The molecule has 0 aromatic heterocycles. The minimum Gasteiger partial charge on any atom is -0.399 e. The minimum atomic E-state index is 0.0191. The number of benzene rings is 1. The molecule has 1 aromatic carbocycles. The largest absolute Gasteiger partial charge is 0.399 e. The number of nitrogens with two attached hydrogens (primary N) is 1. The van der Waals surface area contributed by atoms with Gasteiger partial charge in [-0.1, -0.05) is 0 Å². The Hall–Kier alpha value is -1.55. The minimum absolute atomic E-state index is 0.0191. The maximum Gasteiger partial charge on any atom is 0.224 e. The highest BCUT2D eigenvalue weighted by atomic mass is 16.5. The molecular formula is C14H22N2O2. The van der Waals surface area contributed by atoms with E-state index in [2.05, 4.69) is 5.32 Å². The summed E-state index contributed by atoms with van der Waals surface area (Å²) in [5, 5.41) is 2.93. The van der Waals surface area contributed by atoms with Gasteiger partial charge < -0.3 is 15.8 Å². The topological polar surface area (TPSA) is 64.3 Å². The molecule has 0 fully saturated rings. The first-order valence-corrected chi connectivity index (χ1v) is 6.29. The van der Waals surface area contributed by atoms with Gasteiger partial charge >= 0.3 is 0 Å². The summed E-state index contributed by atoms with van der Waals surface area (Å²) in [6.07, 6.45) is 1.22. The maximum atomic E-state index is 11.8. The van der Waals surface area contributed by atoms with Crippen LogP contribution < -0.4 is 11.1 Å². The number of amides is 1. The number of hydrogen-bond acceptors (Lipinski definition) is 3. The molecule has 1 aromatic rings. The molecule has 100 valence electrons. The number of aryl methyl sites for hydroxylation is 2. The van der Waals surface area contributed by atoms with Crippen LogP contribution in [0.15, 0.2) is 12.1 Å². The molecule has 0 aliphatic heterocycles. The van der Waals surface area contributed by atoms with E-state index in [1.54, 1.807) is 0 Å². The molecule has 0 radical (unpaired) electrons. The molecule has 0 aliphatic rings. The van der Waals surface area contributed by atoms with Gasteiger partial charge in [0.2, 0.25) is 5.91 Å². The molecule has 0 aliphatic carbocycles. The fourth-order valence-electron chi connectivity index (χ4n) is 1.88. The van der Waals surface area contributed by atoms with Crippen molar-refractivity contribution in [2.75, 3.05) is 24.3 Å². The molecule has 0 bridgehead atoms. The van der Waals surface area contributed by atoms with Gasteiger partial charge in [-0.3, -0.25) is 4.79 Å². The summed E-state index contributed by atoms with van der Waals surface area (Å²) in [7, 11) is 0. The van der Waals surface area contributed by atoms with E-state index >= 15 is 0 Å². The zero-order valence-corrected chi connectivity index (χ0v) is 11.4. The van der Waals surface area contributed by atoms with Crippen molar-refractivity contribution in [3.05, 3.63) is 23.3 Å². The second kappa shape index (κ2) is 7.01. The van der Waals surface area contributed by atoms with Gasteiger partial charge in [-0.15, -0.1) is 0 Å². The summed E-state index contributed by atoms with van der Waals surface area (Å²) in [6, 6.07) is 3.73. The monoisotopic (exact) mass is 250 g/mol. The zero-order chi connectivity index (χ0) is 13.5. The molecule has 0 saturated carbocycles. The smallest absolute Gasteiger partial charge is 0.224 e. The fraction of sp³-hybridized carbons (Fsp3) is 0.500. The Morgan fingerprint density at radius 2 is 1.94 bits per heavy atom. The van der Waals surface area contributed by atoms with Crippen LogP contribution in [-0.4, -0.2) is 19.1 Å². The van der Waals surface area contributed by atoms with Crippen molar-refractivity contribution < 1.29 is 9.53 Å². The average Bonchev–Trinajstić information content (AvgIpc) is 2.29. The number of nitrogen functional groups attached to an aromatic ring is 1. The quantitative estimate of drug-likeness (QED) is 0.602. The molecular weight excluding hydrogens is 228 g/mol. The first kappa shape index (κ1) is 14.5. The highest BCUT2D eigenvalue weighted by Gasteiger charge is 2.08. The van der Waals surface area contributed by atoms with E-state index in [-0.39, 0.29) is 5.91 Å². The maximum absolute atomic E-state index is 11.8. The third-order valence-corrected chi connectivity index (χ3v) is 2.72. The number of anilines is 2. The number of carbonyl (C=O) groups excluding carboxylic acids is 1. The molecule has 0 heterocycles.